The number of fused-ring (bicyclic) bond motifs is 1. The van der Waals surface area contributed by atoms with E-state index in [0.29, 0.717) is 36.3 Å². The number of carbonyl (C=O) groups is 2. The summed E-state index contributed by atoms with van der Waals surface area (Å²) in [4.78, 5) is 36.9. The molecular formula is C26H26N6O2. The van der Waals surface area contributed by atoms with Crippen molar-refractivity contribution in [3.63, 3.8) is 0 Å². The van der Waals surface area contributed by atoms with Gasteiger partial charge in [-0.2, -0.15) is 5.10 Å². The minimum absolute atomic E-state index is 0.0302. The quantitative estimate of drug-likeness (QED) is 0.512. The first-order valence-corrected chi connectivity index (χ1v) is 11.4. The zero-order valence-electron chi connectivity index (χ0n) is 19.2. The zero-order chi connectivity index (χ0) is 23.7. The highest BCUT2D eigenvalue weighted by atomic mass is 16.2. The highest BCUT2D eigenvalue weighted by molar-refractivity contribution is 5.97. The summed E-state index contributed by atoms with van der Waals surface area (Å²) < 4.78 is 1.60. The SMILES string of the molecule is Cc1cc(C(=O)N[C@@H]2CCN(C(=O)c3ccc4nccnc4c3)C[C@@H]2c2ccccc2)n(C)n1. The van der Waals surface area contributed by atoms with Gasteiger partial charge in [0.1, 0.15) is 5.69 Å². The van der Waals surface area contributed by atoms with E-state index in [1.807, 2.05) is 36.1 Å². The lowest BCUT2D eigenvalue weighted by atomic mass is 9.85. The Bertz CT molecular complexity index is 1350. The van der Waals surface area contributed by atoms with Crippen LogP contribution >= 0.6 is 0 Å². The first-order valence-electron chi connectivity index (χ1n) is 11.4. The molecule has 1 saturated heterocycles. The van der Waals surface area contributed by atoms with Crippen molar-refractivity contribution < 1.29 is 9.59 Å². The maximum Gasteiger partial charge on any atom is 0.269 e. The van der Waals surface area contributed by atoms with E-state index in [-0.39, 0.29) is 23.8 Å². The third-order valence-corrected chi connectivity index (χ3v) is 6.40. The molecule has 172 valence electrons. The Kier molecular flexibility index (Phi) is 5.79. The third kappa shape index (κ3) is 4.26. The van der Waals surface area contributed by atoms with Crippen LogP contribution < -0.4 is 5.32 Å². The molecule has 5 rings (SSSR count). The van der Waals surface area contributed by atoms with Gasteiger partial charge in [-0.1, -0.05) is 30.3 Å². The third-order valence-electron chi connectivity index (χ3n) is 6.40. The Hall–Kier alpha value is -4.07. The molecule has 34 heavy (non-hydrogen) atoms. The summed E-state index contributed by atoms with van der Waals surface area (Å²) in [6.45, 7) is 2.93. The van der Waals surface area contributed by atoms with Crippen LogP contribution in [0.5, 0.6) is 0 Å². The summed E-state index contributed by atoms with van der Waals surface area (Å²) in [5, 5.41) is 7.49. The van der Waals surface area contributed by atoms with Crippen molar-refractivity contribution in [2.24, 2.45) is 7.05 Å². The summed E-state index contributed by atoms with van der Waals surface area (Å²) in [6, 6.07) is 17.2. The van der Waals surface area contributed by atoms with Crippen molar-refractivity contribution in [3.8, 4) is 0 Å². The molecule has 8 heteroatoms. The summed E-state index contributed by atoms with van der Waals surface area (Å²) in [7, 11) is 1.77. The second-order valence-electron chi connectivity index (χ2n) is 8.69. The van der Waals surface area contributed by atoms with E-state index in [1.165, 1.54) is 0 Å². The average molecular weight is 455 g/mol. The maximum absolute atomic E-state index is 13.4. The fraction of sp³-hybridized carbons (Fsp3) is 0.269. The van der Waals surface area contributed by atoms with Crippen molar-refractivity contribution in [1.82, 2.24) is 30.0 Å². The molecule has 0 radical (unpaired) electrons. The highest BCUT2D eigenvalue weighted by Gasteiger charge is 2.34. The van der Waals surface area contributed by atoms with Crippen molar-refractivity contribution >= 4 is 22.8 Å². The molecule has 4 aromatic rings. The molecule has 2 amide bonds. The Morgan fingerprint density at radius 1 is 1.00 bits per heavy atom. The van der Waals surface area contributed by atoms with Crippen LogP contribution in [-0.2, 0) is 7.05 Å². The summed E-state index contributed by atoms with van der Waals surface area (Å²) >= 11 is 0. The van der Waals surface area contributed by atoms with E-state index in [4.69, 9.17) is 0 Å². The number of hydrogen-bond donors (Lipinski definition) is 1. The first kappa shape index (κ1) is 21.8. The number of nitrogens with one attached hydrogen (secondary N) is 1. The fourth-order valence-electron chi connectivity index (χ4n) is 4.69. The number of nitrogens with zero attached hydrogens (tertiary/aromatic N) is 5. The lowest BCUT2D eigenvalue weighted by Gasteiger charge is -2.39. The van der Waals surface area contributed by atoms with Gasteiger partial charge in [0.2, 0.25) is 0 Å². The van der Waals surface area contributed by atoms with Crippen LogP contribution in [0.2, 0.25) is 0 Å². The number of rotatable bonds is 4. The van der Waals surface area contributed by atoms with Crippen LogP contribution in [0.1, 0.15) is 44.4 Å². The Morgan fingerprint density at radius 2 is 1.76 bits per heavy atom. The van der Waals surface area contributed by atoms with Gasteiger partial charge in [0.25, 0.3) is 11.8 Å². The maximum atomic E-state index is 13.4. The number of benzene rings is 2. The number of carbonyl (C=O) groups excluding carboxylic acids is 2. The average Bonchev–Trinajstić information content (AvgIpc) is 3.22. The molecule has 0 bridgehead atoms. The molecule has 2 aromatic heterocycles. The molecule has 2 aromatic carbocycles. The van der Waals surface area contributed by atoms with E-state index < -0.39 is 0 Å². The van der Waals surface area contributed by atoms with Crippen LogP contribution in [-0.4, -0.2) is 55.6 Å². The number of piperidine rings is 1. The van der Waals surface area contributed by atoms with E-state index in [0.717, 1.165) is 16.8 Å². The van der Waals surface area contributed by atoms with Crippen LogP contribution in [0.3, 0.4) is 0 Å². The molecule has 3 heterocycles. The molecule has 1 fully saturated rings. The molecule has 1 aliphatic rings. The number of hydrogen-bond acceptors (Lipinski definition) is 5. The minimum atomic E-state index is -0.151. The molecule has 1 aliphatic heterocycles. The van der Waals surface area contributed by atoms with Gasteiger partial charge in [-0.05, 0) is 43.2 Å². The topological polar surface area (TPSA) is 93.0 Å². The second kappa shape index (κ2) is 9.05. The summed E-state index contributed by atoms with van der Waals surface area (Å²) in [5.74, 6) is -0.222. The predicted molar refractivity (Wildman–Crippen MR) is 128 cm³/mol. The van der Waals surface area contributed by atoms with E-state index >= 15 is 0 Å². The van der Waals surface area contributed by atoms with Gasteiger partial charge in [0.15, 0.2) is 0 Å². The molecule has 0 saturated carbocycles. The smallest absolute Gasteiger partial charge is 0.269 e. The lowest BCUT2D eigenvalue weighted by Crippen LogP contribution is -2.51. The monoisotopic (exact) mass is 454 g/mol. The molecule has 0 spiro atoms. The standard InChI is InChI=1S/C26H26N6O2/c1-17-14-24(31(2)30-17)25(33)29-21-10-13-32(16-20(21)18-6-4-3-5-7-18)26(34)19-8-9-22-23(15-19)28-12-11-27-22/h3-9,11-12,14-15,20-21H,10,13,16H2,1-2H3,(H,29,33)/t20-,21-/m1/s1. The molecule has 8 nitrogen and oxygen atoms in total. The van der Waals surface area contributed by atoms with Gasteiger partial charge in [-0.3, -0.25) is 24.2 Å². The summed E-state index contributed by atoms with van der Waals surface area (Å²) in [6.07, 6.45) is 3.92. The lowest BCUT2D eigenvalue weighted by molar-refractivity contribution is 0.0671. The molecule has 1 N–H and O–H groups in total. The van der Waals surface area contributed by atoms with Crippen molar-refractivity contribution in [2.45, 2.75) is 25.3 Å². The number of likely N-dealkylation sites (tertiary alicyclic amines) is 1. The van der Waals surface area contributed by atoms with Gasteiger partial charge in [-0.25, -0.2) is 0 Å². The number of aromatic nitrogens is 4. The van der Waals surface area contributed by atoms with Crippen LogP contribution in [0, 0.1) is 6.92 Å². The predicted octanol–water partition coefficient (Wildman–Crippen LogP) is 3.10. The van der Waals surface area contributed by atoms with Crippen molar-refractivity contribution in [3.05, 3.63) is 89.5 Å². The molecular weight excluding hydrogens is 428 g/mol. The second-order valence-corrected chi connectivity index (χ2v) is 8.69. The van der Waals surface area contributed by atoms with Crippen molar-refractivity contribution in [2.75, 3.05) is 13.1 Å². The normalized spacial score (nSPS) is 18.1. The van der Waals surface area contributed by atoms with Crippen molar-refractivity contribution in [1.29, 1.82) is 0 Å². The first-order chi connectivity index (χ1) is 16.5. The largest absolute Gasteiger partial charge is 0.347 e. The molecule has 0 aliphatic carbocycles. The van der Waals surface area contributed by atoms with Gasteiger partial charge >= 0.3 is 0 Å². The minimum Gasteiger partial charge on any atom is -0.347 e. The Morgan fingerprint density at radius 3 is 2.50 bits per heavy atom. The van der Waals surface area contributed by atoms with Crippen LogP contribution in [0.4, 0.5) is 0 Å². The Balaban J connectivity index is 1.39. The zero-order valence-corrected chi connectivity index (χ0v) is 19.2. The van der Waals surface area contributed by atoms with E-state index in [1.54, 1.807) is 42.3 Å². The highest BCUT2D eigenvalue weighted by Crippen LogP contribution is 2.29. The number of amides is 2. The number of aryl methyl sites for hydroxylation is 2. The Labute approximate surface area is 197 Å². The van der Waals surface area contributed by atoms with Crippen LogP contribution in [0.15, 0.2) is 67.0 Å². The van der Waals surface area contributed by atoms with Gasteiger partial charge in [0.05, 0.1) is 16.7 Å². The molecule has 2 atom stereocenters. The van der Waals surface area contributed by atoms with Crippen LogP contribution in [0.25, 0.3) is 11.0 Å². The molecule has 0 unspecified atom stereocenters. The van der Waals surface area contributed by atoms with Gasteiger partial charge in [0, 0.05) is 50.1 Å². The van der Waals surface area contributed by atoms with E-state index in [2.05, 4.69) is 32.5 Å². The van der Waals surface area contributed by atoms with Gasteiger partial charge < -0.3 is 10.2 Å². The van der Waals surface area contributed by atoms with E-state index in [9.17, 15) is 9.59 Å². The fourth-order valence-corrected chi connectivity index (χ4v) is 4.69. The summed E-state index contributed by atoms with van der Waals surface area (Å²) in [5.41, 5.74) is 4.46. The van der Waals surface area contributed by atoms with Gasteiger partial charge in [-0.15, -0.1) is 0 Å².